The highest BCUT2D eigenvalue weighted by Crippen LogP contribution is 2.23. The van der Waals surface area contributed by atoms with E-state index in [4.69, 9.17) is 28.7 Å². The van der Waals surface area contributed by atoms with Gasteiger partial charge in [0, 0.05) is 63.0 Å². The Hall–Kier alpha value is -10.4. The molecule has 0 aliphatic carbocycles. The Labute approximate surface area is 565 Å². The van der Waals surface area contributed by atoms with Gasteiger partial charge in [-0.3, -0.25) is 72.3 Å². The summed E-state index contributed by atoms with van der Waals surface area (Å²) in [7, 11) is 0. The van der Waals surface area contributed by atoms with Gasteiger partial charge >= 0.3 is 0 Å². The highest BCUT2D eigenvalue weighted by Gasteiger charge is 2.42. The molecule has 35 heteroatoms. The minimum Gasteiger partial charge on any atom is -0.394 e. The van der Waals surface area contributed by atoms with Crippen molar-refractivity contribution >= 4 is 99.6 Å². The average molecular weight is 1370 g/mol. The Kier molecular flexibility index (Phi) is 30.1. The molecule has 23 N–H and O–H groups in total. The van der Waals surface area contributed by atoms with Crippen LogP contribution in [0.4, 0.5) is 0 Å². The SMILES string of the molecule is CC(=O)N[C@@H](CO)C(=O)N[C@@H](C)C(=O)N[C@@H](CCCN=C(N)N)C(=O)N[C@@H](Cc1c[nH]c2ccccc12)C(=O)N[C@@H](C)C(=O)N[C@@H](Cc1ccccc1)C(=O)N1CCC[C@H]1C(=O)N[C@@H](C)C(=O)N[C@@H](C)C(=O)N1CCC[C@H]1C(=O)N[C@@H](CCCN=C(N)N)C(=O)N[C@H](C(N)=O)[C@@H](C)O. The van der Waals surface area contributed by atoms with Crippen LogP contribution in [0.15, 0.2) is 70.8 Å². The third-order valence-corrected chi connectivity index (χ3v) is 16.4. The molecule has 2 aliphatic rings. The van der Waals surface area contributed by atoms with Gasteiger partial charge in [0.1, 0.15) is 72.5 Å². The lowest BCUT2D eigenvalue weighted by molar-refractivity contribution is -0.143. The van der Waals surface area contributed by atoms with Gasteiger partial charge in [0.15, 0.2) is 11.9 Å². The Balaban J connectivity index is 1.28. The number of nitrogens with one attached hydrogen (secondary N) is 11. The van der Waals surface area contributed by atoms with Crippen molar-refractivity contribution in [2.24, 2.45) is 38.7 Å². The molecule has 0 unspecified atom stereocenters. The standard InChI is InChI=1S/C63H94N20O15/c1-32(51(88)75-35(4)60(97)82-26-14-23-48(82)59(96)78-43(21-13-25-70-63(67)68)55(92)81-49(36(5)85)50(64)87)74-58(95)47-22-15-27-83(47)61(98)45(28-38-16-8-7-9-17-38)80-53(90)34(3)72-56(93)44(29-39-30-71-41-19-11-10-18-40(39)41)79-54(91)42(20-12-24-69-62(65)66)77-52(89)33(2)73-57(94)46(31-84)76-37(6)86/h7-11,16-19,30,32-36,42-49,71,84-85H,12-15,20-29,31H2,1-6H3,(H2,64,87)(H,72,93)(H,73,94)(H,74,95)(H,75,88)(H,76,86)(H,77,89)(H,78,96)(H,79,91)(H,80,90)(H,81,92)(H4,65,66,69)(H4,67,68,70)/t32-,33-,34-,35-,36+,42-,43-,44-,45-,46-,47-,48-,49-/m0/s1. The van der Waals surface area contributed by atoms with Gasteiger partial charge in [0.2, 0.25) is 76.8 Å². The number of hydrogen-bond acceptors (Lipinski definition) is 17. The van der Waals surface area contributed by atoms with Crippen LogP contribution in [0, 0.1) is 0 Å². The first kappa shape index (κ1) is 78.2. The van der Waals surface area contributed by atoms with E-state index in [1.165, 1.54) is 44.4 Å². The predicted octanol–water partition coefficient (Wildman–Crippen LogP) is -6.15. The summed E-state index contributed by atoms with van der Waals surface area (Å²) in [5.41, 5.74) is 29.2. The van der Waals surface area contributed by atoms with Gasteiger partial charge in [0.25, 0.3) is 0 Å². The smallest absolute Gasteiger partial charge is 0.246 e. The van der Waals surface area contributed by atoms with E-state index in [1.54, 1.807) is 60.8 Å². The molecule has 2 fully saturated rings. The van der Waals surface area contributed by atoms with E-state index in [0.29, 0.717) is 34.9 Å². The molecule has 35 nitrogen and oxygen atoms in total. The van der Waals surface area contributed by atoms with Crippen LogP contribution in [-0.4, -0.2) is 225 Å². The number of hydrogen-bond donors (Lipinski definition) is 18. The zero-order valence-corrected chi connectivity index (χ0v) is 55.8. The lowest BCUT2D eigenvalue weighted by Gasteiger charge is -2.31. The van der Waals surface area contributed by atoms with Crippen LogP contribution >= 0.6 is 0 Å². The predicted molar refractivity (Wildman–Crippen MR) is 357 cm³/mol. The Morgan fingerprint density at radius 1 is 0.520 bits per heavy atom. The minimum atomic E-state index is -1.49. The number of amides is 13. The normalized spacial score (nSPS) is 17.6. The van der Waals surface area contributed by atoms with Crippen molar-refractivity contribution < 1.29 is 72.5 Å². The fourth-order valence-electron chi connectivity index (χ4n) is 11.2. The number of carbonyl (C=O) groups excluding carboxylic acids is 13. The van der Waals surface area contributed by atoms with E-state index < -0.39 is 162 Å². The largest absolute Gasteiger partial charge is 0.394 e. The number of aromatic amines is 1. The van der Waals surface area contributed by atoms with Gasteiger partial charge in [0.05, 0.1) is 12.7 Å². The molecule has 0 radical (unpaired) electrons. The number of aliphatic hydroxyl groups is 2. The van der Waals surface area contributed by atoms with Crippen LogP contribution in [0.2, 0.25) is 0 Å². The van der Waals surface area contributed by atoms with Crippen molar-refractivity contribution in [1.82, 2.24) is 68.0 Å². The van der Waals surface area contributed by atoms with Crippen molar-refractivity contribution in [2.75, 3.05) is 32.8 Å². The molecule has 0 saturated carbocycles. The maximum absolute atomic E-state index is 14.8. The summed E-state index contributed by atoms with van der Waals surface area (Å²) >= 11 is 0. The number of H-pyrrole nitrogens is 1. The second-order valence-electron chi connectivity index (χ2n) is 24.3. The molecule has 2 saturated heterocycles. The highest BCUT2D eigenvalue weighted by molar-refractivity contribution is 6.00. The number of likely N-dealkylation sites (tertiary alicyclic amines) is 2. The molecular weight excluding hydrogens is 1280 g/mol. The fraction of sp³-hybridized carbons (Fsp3) is 0.540. The highest BCUT2D eigenvalue weighted by atomic mass is 16.3. The second kappa shape index (κ2) is 37.7. The van der Waals surface area contributed by atoms with Crippen LogP contribution in [0.25, 0.3) is 10.9 Å². The van der Waals surface area contributed by atoms with E-state index in [0.717, 1.165) is 6.92 Å². The van der Waals surface area contributed by atoms with Crippen LogP contribution in [0.3, 0.4) is 0 Å². The summed E-state index contributed by atoms with van der Waals surface area (Å²) in [5.74, 6) is -10.8. The van der Waals surface area contributed by atoms with Crippen molar-refractivity contribution in [3.8, 4) is 0 Å². The van der Waals surface area contributed by atoms with Crippen LogP contribution in [-0.2, 0) is 75.2 Å². The zero-order valence-electron chi connectivity index (χ0n) is 55.8. The number of nitrogens with zero attached hydrogens (tertiary/aromatic N) is 4. The summed E-state index contributed by atoms with van der Waals surface area (Å²) in [6.07, 6.45) is 1.33. The van der Waals surface area contributed by atoms with Crippen molar-refractivity contribution in [3.05, 3.63) is 71.9 Å². The number of primary amides is 1. The van der Waals surface area contributed by atoms with Gasteiger partial charge in [-0.05, 0) is 103 Å². The number of carbonyl (C=O) groups is 13. The number of aliphatic hydroxyl groups excluding tert-OH is 2. The van der Waals surface area contributed by atoms with Gasteiger partial charge in [-0.2, -0.15) is 0 Å². The van der Waals surface area contributed by atoms with Gasteiger partial charge in [-0.1, -0.05) is 48.5 Å². The lowest BCUT2D eigenvalue weighted by atomic mass is 10.0. The number of rotatable bonds is 36. The number of aliphatic imine (C=N–C) groups is 2. The van der Waals surface area contributed by atoms with Crippen LogP contribution in [0.1, 0.15) is 104 Å². The minimum absolute atomic E-state index is 0.0246. The Bertz CT molecular complexity index is 3390. The van der Waals surface area contributed by atoms with Gasteiger partial charge < -0.3 is 107 Å². The van der Waals surface area contributed by atoms with Crippen molar-refractivity contribution in [3.63, 3.8) is 0 Å². The molecule has 0 bridgehead atoms. The van der Waals surface area contributed by atoms with Gasteiger partial charge in [-0.15, -0.1) is 0 Å². The van der Waals surface area contributed by atoms with Gasteiger partial charge in [-0.25, -0.2) is 0 Å². The summed E-state index contributed by atoms with van der Waals surface area (Å²) in [5, 5.41) is 46.0. The monoisotopic (exact) mass is 1370 g/mol. The summed E-state index contributed by atoms with van der Waals surface area (Å²) < 4.78 is 0. The molecule has 98 heavy (non-hydrogen) atoms. The topological polar surface area (TPSA) is 560 Å². The molecule has 3 aromatic rings. The second-order valence-corrected chi connectivity index (χ2v) is 24.3. The fourth-order valence-corrected chi connectivity index (χ4v) is 11.2. The van der Waals surface area contributed by atoms with Crippen LogP contribution in [0.5, 0.6) is 0 Å². The molecule has 5 rings (SSSR count). The number of aromatic nitrogens is 1. The van der Waals surface area contributed by atoms with E-state index >= 15 is 0 Å². The maximum Gasteiger partial charge on any atom is 0.246 e. The summed E-state index contributed by atoms with van der Waals surface area (Å²) in [6, 6.07) is 0.0667. The zero-order chi connectivity index (χ0) is 72.5. The first-order valence-corrected chi connectivity index (χ1v) is 32.3. The maximum atomic E-state index is 14.8. The number of fused-ring (bicyclic) bond motifs is 1. The summed E-state index contributed by atoms with van der Waals surface area (Å²) in [4.78, 5) is 191. The van der Waals surface area contributed by atoms with E-state index in [2.05, 4.69) is 68.1 Å². The first-order valence-electron chi connectivity index (χ1n) is 32.3. The lowest BCUT2D eigenvalue weighted by Crippen LogP contribution is -2.60. The van der Waals surface area contributed by atoms with Crippen LogP contribution < -0.4 is 81.8 Å². The average Bonchev–Trinajstić information content (AvgIpc) is 1.67. The molecule has 536 valence electrons. The number of benzene rings is 2. The van der Waals surface area contributed by atoms with E-state index in [-0.39, 0.29) is 89.5 Å². The molecule has 0 spiro atoms. The third-order valence-electron chi connectivity index (χ3n) is 16.4. The van der Waals surface area contributed by atoms with E-state index in [9.17, 15) is 72.5 Å². The van der Waals surface area contributed by atoms with E-state index in [1.807, 2.05) is 0 Å². The summed E-state index contributed by atoms with van der Waals surface area (Å²) in [6.45, 7) is 7.30. The molecule has 13 atom stereocenters. The van der Waals surface area contributed by atoms with Crippen molar-refractivity contribution in [2.45, 2.75) is 184 Å². The molecule has 3 heterocycles. The number of guanidine groups is 2. The number of nitrogens with two attached hydrogens (primary N) is 5. The molecule has 13 amide bonds. The molecule has 1 aromatic heterocycles. The Morgan fingerprint density at radius 3 is 1.52 bits per heavy atom. The van der Waals surface area contributed by atoms with Crippen molar-refractivity contribution in [1.29, 1.82) is 0 Å². The quantitative estimate of drug-likeness (QED) is 0.0146. The first-order chi connectivity index (χ1) is 46.4. The number of para-hydroxylation sites is 1. The Morgan fingerprint density at radius 2 is 0.980 bits per heavy atom. The third kappa shape index (κ3) is 23.4. The molecular formula is C63H94N20O15. The molecule has 2 aromatic carbocycles. The molecule has 2 aliphatic heterocycles.